The van der Waals surface area contributed by atoms with Crippen molar-refractivity contribution >= 4 is 28.3 Å². The molecule has 2 aromatic heterocycles. The summed E-state index contributed by atoms with van der Waals surface area (Å²) in [6.45, 7) is 0. The summed E-state index contributed by atoms with van der Waals surface area (Å²) in [5, 5.41) is 0.422. The molecule has 4 rings (SSSR count). The number of hydrogen-bond acceptors (Lipinski definition) is 2. The van der Waals surface area contributed by atoms with Crippen molar-refractivity contribution in [3.05, 3.63) is 65.9 Å². The zero-order valence-corrected chi connectivity index (χ0v) is 11.2. The predicted octanol–water partition coefficient (Wildman–Crippen LogP) is 4.20. The molecule has 0 radical (unpaired) electrons. The molecule has 4 aromatic rings. The van der Waals surface area contributed by atoms with E-state index in [1.807, 2.05) is 65.2 Å². The number of halogens is 1. The smallest absolute Gasteiger partial charge is 0.175 e. The Labute approximate surface area is 120 Å². The standard InChI is InChI=1S/C16H10ClN3/c17-15-16-19-13(11-6-2-1-3-7-11)10-20(16)14-9-5-4-8-12(14)18-15/h1-10H. The number of rotatable bonds is 1. The van der Waals surface area contributed by atoms with E-state index in [1.54, 1.807) is 0 Å². The number of hydrogen-bond donors (Lipinski definition) is 0. The van der Waals surface area contributed by atoms with Crippen molar-refractivity contribution in [2.75, 3.05) is 0 Å². The normalized spacial score (nSPS) is 11.2. The van der Waals surface area contributed by atoms with Crippen LogP contribution in [0, 0.1) is 0 Å². The average molecular weight is 280 g/mol. The summed E-state index contributed by atoms with van der Waals surface area (Å²) in [6.07, 6.45) is 2.00. The molecule has 0 unspecified atom stereocenters. The Balaban J connectivity index is 2.08. The largest absolute Gasteiger partial charge is 0.295 e. The Kier molecular flexibility index (Phi) is 2.47. The molecular weight excluding hydrogens is 270 g/mol. The number of benzene rings is 2. The van der Waals surface area contributed by atoms with Crippen LogP contribution in [-0.2, 0) is 0 Å². The molecule has 0 N–H and O–H groups in total. The molecule has 0 bridgehead atoms. The van der Waals surface area contributed by atoms with E-state index in [-0.39, 0.29) is 0 Å². The van der Waals surface area contributed by atoms with Crippen LogP contribution < -0.4 is 0 Å². The molecule has 2 heterocycles. The Morgan fingerprint density at radius 3 is 2.45 bits per heavy atom. The van der Waals surface area contributed by atoms with Crippen molar-refractivity contribution in [3.8, 4) is 11.3 Å². The molecule has 2 aromatic carbocycles. The summed E-state index contributed by atoms with van der Waals surface area (Å²) in [6, 6.07) is 17.9. The van der Waals surface area contributed by atoms with E-state index in [4.69, 9.17) is 11.6 Å². The summed E-state index contributed by atoms with van der Waals surface area (Å²) < 4.78 is 1.99. The van der Waals surface area contributed by atoms with E-state index in [0.29, 0.717) is 10.8 Å². The molecule has 0 spiro atoms. The van der Waals surface area contributed by atoms with Crippen LogP contribution in [0.25, 0.3) is 27.9 Å². The van der Waals surface area contributed by atoms with E-state index < -0.39 is 0 Å². The third-order valence-corrected chi connectivity index (χ3v) is 3.57. The molecule has 0 aliphatic heterocycles. The van der Waals surface area contributed by atoms with Crippen LogP contribution in [-0.4, -0.2) is 14.4 Å². The van der Waals surface area contributed by atoms with Gasteiger partial charge in [0.2, 0.25) is 0 Å². The number of aromatic nitrogens is 3. The minimum absolute atomic E-state index is 0.422. The summed E-state index contributed by atoms with van der Waals surface area (Å²) in [5.41, 5.74) is 4.51. The highest BCUT2D eigenvalue weighted by atomic mass is 35.5. The molecule has 3 nitrogen and oxygen atoms in total. The molecule has 0 aliphatic rings. The molecule has 0 saturated heterocycles. The van der Waals surface area contributed by atoms with Gasteiger partial charge in [0.15, 0.2) is 10.8 Å². The summed E-state index contributed by atoms with van der Waals surface area (Å²) >= 11 is 6.24. The second kappa shape index (κ2) is 4.32. The Morgan fingerprint density at radius 1 is 0.850 bits per heavy atom. The van der Waals surface area contributed by atoms with Crippen LogP contribution in [0.1, 0.15) is 0 Å². The first-order chi connectivity index (χ1) is 9.83. The van der Waals surface area contributed by atoms with E-state index in [9.17, 15) is 0 Å². The maximum absolute atomic E-state index is 6.24. The van der Waals surface area contributed by atoms with Gasteiger partial charge in [-0.15, -0.1) is 0 Å². The van der Waals surface area contributed by atoms with Crippen molar-refractivity contribution in [3.63, 3.8) is 0 Å². The molecule has 0 atom stereocenters. The quantitative estimate of drug-likeness (QED) is 0.523. The highest BCUT2D eigenvalue weighted by Crippen LogP contribution is 2.25. The van der Waals surface area contributed by atoms with E-state index in [2.05, 4.69) is 9.97 Å². The van der Waals surface area contributed by atoms with Gasteiger partial charge in [0, 0.05) is 11.8 Å². The van der Waals surface area contributed by atoms with Gasteiger partial charge in [0.1, 0.15) is 0 Å². The SMILES string of the molecule is Clc1nc2ccccc2n2cc(-c3ccccc3)nc12. The fourth-order valence-corrected chi connectivity index (χ4v) is 2.60. The Morgan fingerprint density at radius 2 is 1.60 bits per heavy atom. The van der Waals surface area contributed by atoms with Gasteiger partial charge in [-0.1, -0.05) is 54.1 Å². The van der Waals surface area contributed by atoms with Gasteiger partial charge >= 0.3 is 0 Å². The van der Waals surface area contributed by atoms with Crippen molar-refractivity contribution in [1.82, 2.24) is 14.4 Å². The van der Waals surface area contributed by atoms with Crippen LogP contribution in [0.15, 0.2) is 60.8 Å². The second-order valence-electron chi connectivity index (χ2n) is 4.58. The van der Waals surface area contributed by atoms with Gasteiger partial charge in [0.05, 0.1) is 16.7 Å². The van der Waals surface area contributed by atoms with Crippen molar-refractivity contribution < 1.29 is 0 Å². The molecule has 96 valence electrons. The van der Waals surface area contributed by atoms with Gasteiger partial charge in [0.25, 0.3) is 0 Å². The average Bonchev–Trinajstić information content (AvgIpc) is 2.94. The van der Waals surface area contributed by atoms with Gasteiger partial charge in [-0.2, -0.15) is 0 Å². The van der Waals surface area contributed by atoms with E-state index in [0.717, 1.165) is 22.3 Å². The Hall–Kier alpha value is -2.39. The number of para-hydroxylation sites is 2. The van der Waals surface area contributed by atoms with Crippen molar-refractivity contribution in [1.29, 1.82) is 0 Å². The minimum atomic E-state index is 0.422. The lowest BCUT2D eigenvalue weighted by Crippen LogP contribution is -1.91. The van der Waals surface area contributed by atoms with E-state index in [1.165, 1.54) is 0 Å². The molecule has 0 fully saturated rings. The molecule has 0 saturated carbocycles. The lowest BCUT2D eigenvalue weighted by Gasteiger charge is -2.01. The molecule has 4 heteroatoms. The number of nitrogens with zero attached hydrogens (tertiary/aromatic N) is 3. The van der Waals surface area contributed by atoms with Gasteiger partial charge < -0.3 is 0 Å². The monoisotopic (exact) mass is 279 g/mol. The van der Waals surface area contributed by atoms with Crippen LogP contribution in [0.4, 0.5) is 0 Å². The first-order valence-corrected chi connectivity index (χ1v) is 6.69. The van der Waals surface area contributed by atoms with Crippen molar-refractivity contribution in [2.24, 2.45) is 0 Å². The summed E-state index contributed by atoms with van der Waals surface area (Å²) in [4.78, 5) is 8.99. The molecule has 0 amide bonds. The predicted molar refractivity (Wildman–Crippen MR) is 80.9 cm³/mol. The van der Waals surface area contributed by atoms with Crippen molar-refractivity contribution in [2.45, 2.75) is 0 Å². The third kappa shape index (κ3) is 1.67. The fraction of sp³-hybridized carbons (Fsp3) is 0. The van der Waals surface area contributed by atoms with Gasteiger partial charge in [-0.05, 0) is 12.1 Å². The summed E-state index contributed by atoms with van der Waals surface area (Å²) in [7, 11) is 0. The van der Waals surface area contributed by atoms with Crippen LogP contribution in [0.5, 0.6) is 0 Å². The van der Waals surface area contributed by atoms with Crippen LogP contribution in [0.2, 0.25) is 5.15 Å². The number of imidazole rings is 1. The lowest BCUT2D eigenvalue weighted by molar-refractivity contribution is 1.21. The highest BCUT2D eigenvalue weighted by Gasteiger charge is 2.11. The van der Waals surface area contributed by atoms with E-state index >= 15 is 0 Å². The van der Waals surface area contributed by atoms with Crippen LogP contribution in [0.3, 0.4) is 0 Å². The zero-order chi connectivity index (χ0) is 13.5. The minimum Gasteiger partial charge on any atom is -0.295 e. The molecule has 0 aliphatic carbocycles. The Bertz CT molecular complexity index is 913. The topological polar surface area (TPSA) is 30.2 Å². The second-order valence-corrected chi connectivity index (χ2v) is 4.94. The zero-order valence-electron chi connectivity index (χ0n) is 10.5. The van der Waals surface area contributed by atoms with Gasteiger partial charge in [-0.3, -0.25) is 4.40 Å². The lowest BCUT2D eigenvalue weighted by atomic mass is 10.2. The highest BCUT2D eigenvalue weighted by molar-refractivity contribution is 6.32. The van der Waals surface area contributed by atoms with Gasteiger partial charge in [-0.25, -0.2) is 9.97 Å². The number of fused-ring (bicyclic) bond motifs is 3. The summed E-state index contributed by atoms with van der Waals surface area (Å²) in [5.74, 6) is 0. The maximum atomic E-state index is 6.24. The molecular formula is C16H10ClN3. The fourth-order valence-electron chi connectivity index (χ4n) is 2.38. The molecule has 20 heavy (non-hydrogen) atoms. The third-order valence-electron chi connectivity index (χ3n) is 3.32. The maximum Gasteiger partial charge on any atom is 0.175 e. The first kappa shape index (κ1) is 11.4. The van der Waals surface area contributed by atoms with Crippen LogP contribution >= 0.6 is 11.6 Å². The first-order valence-electron chi connectivity index (χ1n) is 6.32.